The van der Waals surface area contributed by atoms with Gasteiger partial charge in [0.05, 0.1) is 5.69 Å². The van der Waals surface area contributed by atoms with Crippen LogP contribution < -0.4 is 0 Å². The quantitative estimate of drug-likeness (QED) is 0.255. The van der Waals surface area contributed by atoms with E-state index in [2.05, 4.69) is 81.6 Å². The lowest BCUT2D eigenvalue weighted by atomic mass is 9.85. The minimum atomic E-state index is 0.454. The summed E-state index contributed by atoms with van der Waals surface area (Å²) in [7, 11) is 0. The molecule has 36 heavy (non-hydrogen) atoms. The summed E-state index contributed by atoms with van der Waals surface area (Å²) < 4.78 is 0. The molecule has 7 rings (SSSR count). The van der Waals surface area contributed by atoms with Crippen LogP contribution in [0.2, 0.25) is 0 Å². The topological polar surface area (TPSA) is 12.9 Å². The summed E-state index contributed by atoms with van der Waals surface area (Å²) in [6.07, 6.45) is 12.5. The first-order valence-electron chi connectivity index (χ1n) is 14.1. The summed E-state index contributed by atoms with van der Waals surface area (Å²) in [5, 5.41) is 2.82. The predicted molar refractivity (Wildman–Crippen MR) is 152 cm³/mol. The van der Waals surface area contributed by atoms with Crippen molar-refractivity contribution in [2.75, 3.05) is 0 Å². The van der Waals surface area contributed by atoms with Crippen molar-refractivity contribution < 1.29 is 0 Å². The van der Waals surface area contributed by atoms with E-state index in [0.717, 1.165) is 6.42 Å². The van der Waals surface area contributed by atoms with Crippen molar-refractivity contribution in [2.45, 2.75) is 84.0 Å². The molecule has 0 aliphatic heterocycles. The number of aromatic nitrogens is 1. The first kappa shape index (κ1) is 22.3. The van der Waals surface area contributed by atoms with Crippen molar-refractivity contribution >= 4 is 10.8 Å². The van der Waals surface area contributed by atoms with Crippen LogP contribution in [-0.4, -0.2) is 4.98 Å². The summed E-state index contributed by atoms with van der Waals surface area (Å²) in [6, 6.07) is 21.2. The lowest BCUT2D eigenvalue weighted by Gasteiger charge is -2.20. The maximum atomic E-state index is 5.30. The van der Waals surface area contributed by atoms with Gasteiger partial charge < -0.3 is 0 Å². The zero-order valence-electron chi connectivity index (χ0n) is 22.0. The molecule has 1 heteroatoms. The highest BCUT2D eigenvalue weighted by Gasteiger charge is 2.32. The van der Waals surface area contributed by atoms with Crippen LogP contribution in [0.4, 0.5) is 0 Å². The molecule has 0 amide bonds. The molecule has 2 saturated carbocycles. The Kier molecular flexibility index (Phi) is 5.14. The van der Waals surface area contributed by atoms with Crippen molar-refractivity contribution in [3.63, 3.8) is 0 Å². The average molecular weight is 472 g/mol. The van der Waals surface area contributed by atoms with Crippen LogP contribution in [0.5, 0.6) is 0 Å². The third kappa shape index (κ3) is 3.62. The smallest absolute Gasteiger partial charge is 0.0783 e. The fourth-order valence-electron chi connectivity index (χ4n) is 7.62. The van der Waals surface area contributed by atoms with Crippen LogP contribution >= 0.6 is 0 Å². The van der Waals surface area contributed by atoms with Gasteiger partial charge in [0.15, 0.2) is 0 Å². The fraction of sp³-hybridized carbons (Fsp3) is 0.400. The summed E-state index contributed by atoms with van der Waals surface area (Å²) in [6.45, 7) is 7.12. The molecule has 1 unspecified atom stereocenters. The van der Waals surface area contributed by atoms with Gasteiger partial charge in [0.2, 0.25) is 0 Å². The van der Waals surface area contributed by atoms with Gasteiger partial charge in [-0.2, -0.15) is 0 Å². The molecular weight excluding hydrogens is 434 g/mol. The molecule has 3 aliphatic carbocycles. The van der Waals surface area contributed by atoms with Crippen molar-refractivity contribution in [3.05, 3.63) is 88.6 Å². The van der Waals surface area contributed by atoms with E-state index in [1.165, 1.54) is 106 Å². The van der Waals surface area contributed by atoms with Gasteiger partial charge in [-0.05, 0) is 119 Å². The fourth-order valence-corrected chi connectivity index (χ4v) is 7.62. The van der Waals surface area contributed by atoms with Gasteiger partial charge in [-0.3, -0.25) is 4.98 Å². The molecule has 0 bridgehead atoms. The molecule has 0 saturated heterocycles. The molecule has 3 aromatic carbocycles. The summed E-state index contributed by atoms with van der Waals surface area (Å²) >= 11 is 0. The number of rotatable bonds is 3. The Balaban J connectivity index is 1.44. The highest BCUT2D eigenvalue weighted by molar-refractivity contribution is 5.99. The molecule has 0 spiro atoms. The number of benzene rings is 3. The minimum Gasteiger partial charge on any atom is -0.255 e. The summed E-state index contributed by atoms with van der Waals surface area (Å²) in [5.41, 5.74) is 13.0. The molecule has 0 radical (unpaired) electrons. The van der Waals surface area contributed by atoms with Crippen LogP contribution in [0.1, 0.15) is 98.4 Å². The van der Waals surface area contributed by atoms with Gasteiger partial charge >= 0.3 is 0 Å². The van der Waals surface area contributed by atoms with E-state index in [9.17, 15) is 0 Å². The lowest BCUT2D eigenvalue weighted by molar-refractivity contribution is 0.376. The van der Waals surface area contributed by atoms with Crippen LogP contribution in [0, 0.1) is 12.3 Å². The third-order valence-corrected chi connectivity index (χ3v) is 9.50. The molecule has 3 aliphatic rings. The van der Waals surface area contributed by atoms with Gasteiger partial charge in [-0.15, -0.1) is 0 Å². The normalized spacial score (nSPS) is 20.7. The number of aryl methyl sites for hydroxylation is 1. The predicted octanol–water partition coefficient (Wildman–Crippen LogP) is 9.73. The highest BCUT2D eigenvalue weighted by atomic mass is 14.7. The zero-order valence-corrected chi connectivity index (χ0v) is 22.0. The Hall–Kier alpha value is -2.93. The van der Waals surface area contributed by atoms with Gasteiger partial charge in [0.25, 0.3) is 0 Å². The van der Waals surface area contributed by atoms with Gasteiger partial charge in [-0.25, -0.2) is 0 Å². The summed E-state index contributed by atoms with van der Waals surface area (Å²) in [4.78, 5) is 5.30. The molecule has 182 valence electrons. The molecular formula is C35H37N. The molecule has 4 aromatic rings. The Bertz CT molecular complexity index is 1480. The average Bonchev–Trinajstić information content (AvgIpc) is 3.61. The first-order chi connectivity index (χ1) is 17.5. The largest absolute Gasteiger partial charge is 0.255 e. The standard InChI is InChI=1S/C35H37N/c1-22-16-29-27-11-7-6-10-25(27)19-30(29)31(17-22)34-32-18-24(26-14-15-35(2,3)20-26)12-13-28(32)33(21-36-34)23-8-4-5-9-23/h6-7,10-13,16-18,21,23,26H,4-5,8-9,14-15,19-20H2,1-3H3. The van der Waals surface area contributed by atoms with E-state index < -0.39 is 0 Å². The Labute approximate surface area is 216 Å². The van der Waals surface area contributed by atoms with Crippen LogP contribution in [0.15, 0.2) is 60.8 Å². The number of fused-ring (bicyclic) bond motifs is 4. The second-order valence-electron chi connectivity index (χ2n) is 12.6. The van der Waals surface area contributed by atoms with Crippen molar-refractivity contribution in [1.82, 2.24) is 4.98 Å². The van der Waals surface area contributed by atoms with E-state index in [0.29, 0.717) is 17.3 Å². The number of hydrogen-bond acceptors (Lipinski definition) is 1. The number of nitrogens with zero attached hydrogens (tertiary/aromatic N) is 1. The molecule has 1 nitrogen and oxygen atoms in total. The van der Waals surface area contributed by atoms with Crippen molar-refractivity contribution in [1.29, 1.82) is 0 Å². The molecule has 1 aromatic heterocycles. The molecule has 0 N–H and O–H groups in total. The second-order valence-corrected chi connectivity index (χ2v) is 12.6. The van der Waals surface area contributed by atoms with E-state index in [1.807, 2.05) is 0 Å². The van der Waals surface area contributed by atoms with E-state index in [-0.39, 0.29) is 0 Å². The number of pyridine rings is 1. The van der Waals surface area contributed by atoms with Crippen molar-refractivity contribution in [3.8, 4) is 22.4 Å². The van der Waals surface area contributed by atoms with Gasteiger partial charge in [-0.1, -0.05) is 69.2 Å². The van der Waals surface area contributed by atoms with E-state index >= 15 is 0 Å². The molecule has 1 atom stereocenters. The maximum absolute atomic E-state index is 5.30. The van der Waals surface area contributed by atoms with E-state index in [4.69, 9.17) is 4.98 Å². The SMILES string of the molecule is Cc1cc2c(c(-c3ncc(C4CCCC4)c4ccc(C5CCC(C)(C)C5)cc34)c1)Cc1ccccc1-2. The molecule has 1 heterocycles. The van der Waals surface area contributed by atoms with E-state index in [1.54, 1.807) is 0 Å². The third-order valence-electron chi connectivity index (χ3n) is 9.50. The zero-order chi connectivity index (χ0) is 24.4. The highest BCUT2D eigenvalue weighted by Crippen LogP contribution is 2.49. The minimum absolute atomic E-state index is 0.454. The summed E-state index contributed by atoms with van der Waals surface area (Å²) in [5.74, 6) is 1.33. The Morgan fingerprint density at radius 3 is 2.42 bits per heavy atom. The Morgan fingerprint density at radius 2 is 1.61 bits per heavy atom. The maximum Gasteiger partial charge on any atom is 0.0783 e. The van der Waals surface area contributed by atoms with Gasteiger partial charge in [0.1, 0.15) is 0 Å². The van der Waals surface area contributed by atoms with Crippen molar-refractivity contribution in [2.24, 2.45) is 5.41 Å². The van der Waals surface area contributed by atoms with Crippen LogP contribution in [0.3, 0.4) is 0 Å². The van der Waals surface area contributed by atoms with Crippen LogP contribution in [-0.2, 0) is 6.42 Å². The molecule has 2 fully saturated rings. The van der Waals surface area contributed by atoms with Gasteiger partial charge in [0, 0.05) is 17.1 Å². The monoisotopic (exact) mass is 471 g/mol. The second kappa shape index (κ2) is 8.30. The Morgan fingerprint density at radius 1 is 0.806 bits per heavy atom. The number of hydrogen-bond donors (Lipinski definition) is 0. The lowest BCUT2D eigenvalue weighted by Crippen LogP contribution is -2.05. The van der Waals surface area contributed by atoms with Crippen LogP contribution in [0.25, 0.3) is 33.2 Å². The first-order valence-corrected chi connectivity index (χ1v) is 14.1.